The first kappa shape index (κ1) is 21.1. The molecule has 0 fully saturated rings. The molecular weight excluding hydrogens is 404 g/mol. The largest absolute Gasteiger partial charge is 0.494 e. The lowest BCUT2D eigenvalue weighted by Gasteiger charge is -2.21. The molecule has 9 heteroatoms. The summed E-state index contributed by atoms with van der Waals surface area (Å²) in [5.74, 6) is 0.298. The van der Waals surface area contributed by atoms with E-state index in [-0.39, 0.29) is 31.1 Å². The summed E-state index contributed by atoms with van der Waals surface area (Å²) in [4.78, 5) is 30.8. The molecule has 0 aliphatic carbocycles. The Balaban J connectivity index is 1.67. The van der Waals surface area contributed by atoms with Gasteiger partial charge >= 0.3 is 0 Å². The number of thiazole rings is 1. The Hall–Kier alpha value is -3.64. The molecule has 0 spiro atoms. The number of benzene rings is 1. The van der Waals surface area contributed by atoms with Crippen LogP contribution in [0.3, 0.4) is 0 Å². The molecule has 3 aromatic rings. The maximum atomic E-state index is 12.9. The van der Waals surface area contributed by atoms with Gasteiger partial charge in [-0.1, -0.05) is 0 Å². The average Bonchev–Trinajstić information content (AvgIpc) is 3.42. The molecule has 0 saturated heterocycles. The van der Waals surface area contributed by atoms with Gasteiger partial charge in [0.1, 0.15) is 5.75 Å². The third-order valence-electron chi connectivity index (χ3n) is 4.06. The lowest BCUT2D eigenvalue weighted by atomic mass is 10.2. The molecule has 30 heavy (non-hydrogen) atoms. The van der Waals surface area contributed by atoms with Gasteiger partial charge in [-0.05, 0) is 43.3 Å². The number of hydrogen-bond acceptors (Lipinski definition) is 7. The summed E-state index contributed by atoms with van der Waals surface area (Å²) in [5, 5.41) is 13.7. The Morgan fingerprint density at radius 3 is 2.77 bits per heavy atom. The van der Waals surface area contributed by atoms with Crippen molar-refractivity contribution in [2.75, 3.05) is 23.4 Å². The standard InChI is InChI=1S/C21H20N4O4S/c1-2-28-17-8-6-16(7-9-17)25(11-4-10-22)19(26)13-15-14-30-21(23-15)24-20(27)18-5-3-12-29-18/h3,5-9,12,14H,2,4,11,13H2,1H3,(H,23,24,27). The Bertz CT molecular complexity index is 1020. The maximum Gasteiger partial charge on any atom is 0.293 e. The molecule has 0 aliphatic rings. The topological polar surface area (TPSA) is 108 Å². The molecule has 0 bridgehead atoms. The van der Waals surface area contributed by atoms with E-state index in [1.165, 1.54) is 17.6 Å². The first-order chi connectivity index (χ1) is 14.6. The maximum absolute atomic E-state index is 12.9. The van der Waals surface area contributed by atoms with Crippen molar-refractivity contribution in [3.63, 3.8) is 0 Å². The zero-order valence-corrected chi connectivity index (χ0v) is 17.1. The third kappa shape index (κ3) is 5.46. The van der Waals surface area contributed by atoms with Crippen LogP contribution in [0.2, 0.25) is 0 Å². The van der Waals surface area contributed by atoms with Crippen LogP contribution < -0.4 is 15.0 Å². The smallest absolute Gasteiger partial charge is 0.293 e. The molecule has 0 atom stereocenters. The van der Waals surface area contributed by atoms with Crippen molar-refractivity contribution in [3.8, 4) is 11.8 Å². The SMILES string of the molecule is CCOc1ccc(N(CCC#N)C(=O)Cc2csc(NC(=O)c3ccco3)n2)cc1. The minimum Gasteiger partial charge on any atom is -0.494 e. The number of carbonyl (C=O) groups excluding carboxylic acids is 2. The number of amides is 2. The van der Waals surface area contributed by atoms with Crippen LogP contribution in [0.1, 0.15) is 29.6 Å². The van der Waals surface area contributed by atoms with Crippen LogP contribution in [0.25, 0.3) is 0 Å². The Kier molecular flexibility index (Phi) is 7.19. The molecular formula is C21H20N4O4S. The van der Waals surface area contributed by atoms with Crippen LogP contribution in [0, 0.1) is 11.3 Å². The van der Waals surface area contributed by atoms with Crippen LogP contribution in [0.15, 0.2) is 52.5 Å². The summed E-state index contributed by atoms with van der Waals surface area (Å²) in [6.07, 6.45) is 1.67. The van der Waals surface area contributed by atoms with E-state index in [4.69, 9.17) is 14.4 Å². The molecule has 154 valence electrons. The van der Waals surface area contributed by atoms with Crippen LogP contribution in [-0.4, -0.2) is 29.9 Å². The summed E-state index contributed by atoms with van der Waals surface area (Å²) in [7, 11) is 0. The number of nitrogens with zero attached hydrogens (tertiary/aromatic N) is 3. The lowest BCUT2D eigenvalue weighted by molar-refractivity contribution is -0.118. The Morgan fingerprint density at radius 2 is 2.10 bits per heavy atom. The van der Waals surface area contributed by atoms with Crippen LogP contribution in [-0.2, 0) is 11.2 Å². The van der Waals surface area contributed by atoms with Crippen LogP contribution in [0.4, 0.5) is 10.8 Å². The van der Waals surface area contributed by atoms with Crippen molar-refractivity contribution >= 4 is 34.0 Å². The number of furan rings is 1. The molecule has 0 radical (unpaired) electrons. The molecule has 2 heterocycles. The summed E-state index contributed by atoms with van der Waals surface area (Å²) < 4.78 is 10.5. The van der Waals surface area contributed by atoms with E-state index in [0.717, 1.165) is 0 Å². The van der Waals surface area contributed by atoms with E-state index in [1.54, 1.807) is 46.7 Å². The van der Waals surface area contributed by atoms with Crippen molar-refractivity contribution in [2.45, 2.75) is 19.8 Å². The summed E-state index contributed by atoms with van der Waals surface area (Å²) in [5.41, 5.74) is 1.22. The number of ether oxygens (including phenoxy) is 1. The molecule has 0 saturated carbocycles. The number of nitrogens with one attached hydrogen (secondary N) is 1. The van der Waals surface area contributed by atoms with Gasteiger partial charge in [0.05, 0.1) is 37.5 Å². The molecule has 3 rings (SSSR count). The highest BCUT2D eigenvalue weighted by Gasteiger charge is 2.18. The van der Waals surface area contributed by atoms with Crippen molar-refractivity contribution in [1.82, 2.24) is 4.98 Å². The predicted molar refractivity (Wildman–Crippen MR) is 113 cm³/mol. The Labute approximate surface area is 177 Å². The van der Waals surface area contributed by atoms with Gasteiger partial charge in [0.15, 0.2) is 10.9 Å². The van der Waals surface area contributed by atoms with Crippen molar-refractivity contribution in [3.05, 3.63) is 59.5 Å². The normalized spacial score (nSPS) is 10.3. The highest BCUT2D eigenvalue weighted by Crippen LogP contribution is 2.22. The number of carbonyl (C=O) groups is 2. The average molecular weight is 424 g/mol. The molecule has 0 unspecified atom stereocenters. The fourth-order valence-electron chi connectivity index (χ4n) is 2.71. The van der Waals surface area contributed by atoms with Gasteiger partial charge in [-0.3, -0.25) is 14.9 Å². The summed E-state index contributed by atoms with van der Waals surface area (Å²) in [6.45, 7) is 2.73. The van der Waals surface area contributed by atoms with Crippen molar-refractivity contribution in [2.24, 2.45) is 0 Å². The molecule has 1 N–H and O–H groups in total. The van der Waals surface area contributed by atoms with E-state index in [2.05, 4.69) is 16.4 Å². The molecule has 1 aromatic carbocycles. The summed E-state index contributed by atoms with van der Waals surface area (Å²) in [6, 6.07) is 12.4. The molecule has 8 nitrogen and oxygen atoms in total. The number of aromatic nitrogens is 1. The van der Waals surface area contributed by atoms with Gasteiger partial charge in [-0.2, -0.15) is 5.26 Å². The molecule has 0 aliphatic heterocycles. The first-order valence-corrected chi connectivity index (χ1v) is 10.2. The van der Waals surface area contributed by atoms with Gasteiger partial charge in [-0.25, -0.2) is 4.98 Å². The second-order valence-corrected chi connectivity index (χ2v) is 6.99. The van der Waals surface area contributed by atoms with E-state index in [9.17, 15) is 9.59 Å². The molecule has 2 aromatic heterocycles. The summed E-state index contributed by atoms with van der Waals surface area (Å²) >= 11 is 1.23. The second-order valence-electron chi connectivity index (χ2n) is 6.13. The highest BCUT2D eigenvalue weighted by molar-refractivity contribution is 7.14. The monoisotopic (exact) mass is 424 g/mol. The van der Waals surface area contributed by atoms with Crippen LogP contribution in [0.5, 0.6) is 5.75 Å². The first-order valence-electron chi connectivity index (χ1n) is 9.30. The van der Waals surface area contributed by atoms with Gasteiger partial charge < -0.3 is 14.1 Å². The number of anilines is 2. The van der Waals surface area contributed by atoms with E-state index in [0.29, 0.717) is 28.9 Å². The van der Waals surface area contributed by atoms with E-state index >= 15 is 0 Å². The Morgan fingerprint density at radius 1 is 1.30 bits per heavy atom. The van der Waals surface area contributed by atoms with Gasteiger partial charge in [-0.15, -0.1) is 11.3 Å². The van der Waals surface area contributed by atoms with Crippen LogP contribution >= 0.6 is 11.3 Å². The second kappa shape index (κ2) is 10.2. The molecule has 2 amide bonds. The number of rotatable bonds is 9. The lowest BCUT2D eigenvalue weighted by Crippen LogP contribution is -2.33. The van der Waals surface area contributed by atoms with Gasteiger partial charge in [0.25, 0.3) is 5.91 Å². The van der Waals surface area contributed by atoms with Crippen molar-refractivity contribution in [1.29, 1.82) is 5.26 Å². The minimum absolute atomic E-state index is 0.0474. The predicted octanol–water partition coefficient (Wildman–Crippen LogP) is 3.88. The quantitative estimate of drug-likeness (QED) is 0.558. The third-order valence-corrected chi connectivity index (χ3v) is 4.86. The zero-order valence-electron chi connectivity index (χ0n) is 16.3. The number of nitriles is 1. The highest BCUT2D eigenvalue weighted by atomic mass is 32.1. The fraction of sp³-hybridized carbons (Fsp3) is 0.238. The number of hydrogen-bond donors (Lipinski definition) is 1. The van der Waals surface area contributed by atoms with Gasteiger partial charge in [0, 0.05) is 17.6 Å². The van der Waals surface area contributed by atoms with Crippen molar-refractivity contribution < 1.29 is 18.7 Å². The fourth-order valence-corrected chi connectivity index (χ4v) is 3.42. The van der Waals surface area contributed by atoms with E-state index in [1.807, 2.05) is 6.92 Å². The van der Waals surface area contributed by atoms with Gasteiger partial charge in [0.2, 0.25) is 5.91 Å². The minimum atomic E-state index is -0.405. The zero-order chi connectivity index (χ0) is 21.3. The van der Waals surface area contributed by atoms with E-state index < -0.39 is 5.91 Å².